The molecule has 0 radical (unpaired) electrons. The Labute approximate surface area is 83.3 Å². The van der Waals surface area contributed by atoms with Gasteiger partial charge in [-0.1, -0.05) is 0 Å². The maximum Gasteiger partial charge on any atom is 0.356 e. The van der Waals surface area contributed by atoms with Crippen molar-refractivity contribution in [2.75, 3.05) is 0 Å². The van der Waals surface area contributed by atoms with Gasteiger partial charge in [-0.25, -0.2) is 4.79 Å². The highest BCUT2D eigenvalue weighted by Gasteiger charge is 2.61. The van der Waals surface area contributed by atoms with E-state index in [1.54, 1.807) is 0 Å². The summed E-state index contributed by atoms with van der Waals surface area (Å²) in [6.07, 6.45) is 1.09. The van der Waals surface area contributed by atoms with Crippen LogP contribution >= 0.6 is 0 Å². The molecule has 0 bridgehead atoms. The molecule has 1 heterocycles. The third-order valence-corrected chi connectivity index (χ3v) is 3.45. The quantitative estimate of drug-likeness (QED) is 0.747. The Morgan fingerprint density at radius 3 is 2.80 bits per heavy atom. The molecular weight excluding hydrogens is 206 g/mol. The number of carboxylic acids is 1. The van der Waals surface area contributed by atoms with E-state index in [9.17, 15) is 13.6 Å². The van der Waals surface area contributed by atoms with Gasteiger partial charge in [0.15, 0.2) is 5.69 Å². The van der Waals surface area contributed by atoms with Crippen LogP contribution in [-0.2, 0) is 5.92 Å². The minimum absolute atomic E-state index is 0.226. The number of alkyl halides is 2. The van der Waals surface area contributed by atoms with Crippen LogP contribution < -0.4 is 0 Å². The van der Waals surface area contributed by atoms with Gasteiger partial charge in [0.1, 0.15) is 5.69 Å². The van der Waals surface area contributed by atoms with Gasteiger partial charge in [0.2, 0.25) is 0 Å². The Hall–Kier alpha value is -1.46. The molecule has 0 spiro atoms. The number of halogens is 2. The molecule has 2 N–H and O–H groups in total. The zero-order valence-corrected chi connectivity index (χ0v) is 7.63. The summed E-state index contributed by atoms with van der Waals surface area (Å²) >= 11 is 0. The molecule has 3 rings (SSSR count). The summed E-state index contributed by atoms with van der Waals surface area (Å²) in [4.78, 5) is 10.8. The fourth-order valence-electron chi connectivity index (χ4n) is 2.59. The lowest BCUT2D eigenvalue weighted by atomic mass is 9.73. The number of hydrogen-bond acceptors (Lipinski definition) is 2. The van der Waals surface area contributed by atoms with Gasteiger partial charge in [-0.3, -0.25) is 5.10 Å². The van der Waals surface area contributed by atoms with Crippen molar-refractivity contribution in [3.63, 3.8) is 0 Å². The highest BCUT2D eigenvalue weighted by atomic mass is 19.3. The first-order chi connectivity index (χ1) is 7.03. The molecule has 6 heteroatoms. The van der Waals surface area contributed by atoms with Gasteiger partial charge < -0.3 is 5.11 Å². The molecule has 0 amide bonds. The van der Waals surface area contributed by atoms with Crippen LogP contribution in [0.1, 0.15) is 40.5 Å². The van der Waals surface area contributed by atoms with Crippen molar-refractivity contribution < 1.29 is 18.7 Å². The monoisotopic (exact) mass is 214 g/mol. The Kier molecular flexibility index (Phi) is 1.39. The minimum atomic E-state index is -2.93. The van der Waals surface area contributed by atoms with E-state index in [1.165, 1.54) is 0 Å². The fraction of sp³-hybridized carbons (Fsp3) is 0.556. The molecule has 1 saturated carbocycles. The van der Waals surface area contributed by atoms with Crippen molar-refractivity contribution >= 4 is 5.97 Å². The summed E-state index contributed by atoms with van der Waals surface area (Å²) in [6, 6.07) is 0. The van der Waals surface area contributed by atoms with Gasteiger partial charge in [0.05, 0.1) is 0 Å². The Bertz CT molecular complexity index is 455. The van der Waals surface area contributed by atoms with E-state index < -0.39 is 17.8 Å². The Morgan fingerprint density at radius 1 is 1.53 bits per heavy atom. The number of nitrogens with one attached hydrogen (secondary N) is 1. The van der Waals surface area contributed by atoms with Crippen LogP contribution in [0.25, 0.3) is 0 Å². The smallest absolute Gasteiger partial charge is 0.356 e. The standard InChI is InChI=1S/C9H8F2N2O2/c10-9(11)4-2-1-3(4)5-6(8(14)15)12-13-7(5)9/h3-4H,1-2H2,(H,12,13)(H,14,15)/t3-,4?/m0/s1. The van der Waals surface area contributed by atoms with E-state index in [-0.39, 0.29) is 22.9 Å². The molecule has 1 aromatic rings. The molecule has 15 heavy (non-hydrogen) atoms. The van der Waals surface area contributed by atoms with Gasteiger partial charge in [0.25, 0.3) is 5.92 Å². The second kappa shape index (κ2) is 2.37. The number of hydrogen-bond donors (Lipinski definition) is 2. The van der Waals surface area contributed by atoms with E-state index in [0.29, 0.717) is 12.8 Å². The van der Waals surface area contributed by atoms with Crippen LogP contribution in [0.5, 0.6) is 0 Å². The van der Waals surface area contributed by atoms with Crippen LogP contribution in [0.2, 0.25) is 0 Å². The molecule has 1 fully saturated rings. The SMILES string of the molecule is O=C(O)c1n[nH]c2c1[C@H]1CCC1C2(F)F. The molecule has 1 unspecified atom stereocenters. The molecule has 2 atom stereocenters. The molecule has 2 aliphatic carbocycles. The number of aromatic carboxylic acids is 1. The van der Waals surface area contributed by atoms with E-state index in [1.807, 2.05) is 0 Å². The average Bonchev–Trinajstić information content (AvgIpc) is 2.50. The van der Waals surface area contributed by atoms with Gasteiger partial charge in [-0.05, 0) is 18.8 Å². The number of rotatable bonds is 1. The van der Waals surface area contributed by atoms with Crippen molar-refractivity contribution in [1.82, 2.24) is 10.2 Å². The van der Waals surface area contributed by atoms with E-state index in [0.717, 1.165) is 0 Å². The van der Waals surface area contributed by atoms with Crippen molar-refractivity contribution in [3.05, 3.63) is 17.0 Å². The third-order valence-electron chi connectivity index (χ3n) is 3.45. The summed E-state index contributed by atoms with van der Waals surface area (Å²) < 4.78 is 27.3. The number of nitrogens with zero attached hydrogens (tertiary/aromatic N) is 1. The minimum Gasteiger partial charge on any atom is -0.476 e. The van der Waals surface area contributed by atoms with Crippen molar-refractivity contribution in [2.45, 2.75) is 24.7 Å². The predicted octanol–water partition coefficient (Wildman–Crippen LogP) is 1.71. The summed E-state index contributed by atoms with van der Waals surface area (Å²) in [5.41, 5.74) is -0.298. The number of fused-ring (bicyclic) bond motifs is 3. The zero-order chi connectivity index (χ0) is 10.8. The normalized spacial score (nSPS) is 30.5. The first-order valence-corrected chi connectivity index (χ1v) is 4.73. The lowest BCUT2D eigenvalue weighted by molar-refractivity contribution is -0.0906. The third kappa shape index (κ3) is 0.848. The van der Waals surface area contributed by atoms with E-state index in [4.69, 9.17) is 5.11 Å². The summed E-state index contributed by atoms with van der Waals surface area (Å²) in [5, 5.41) is 14.4. The van der Waals surface area contributed by atoms with Crippen molar-refractivity contribution in [1.29, 1.82) is 0 Å². The molecule has 4 nitrogen and oxygen atoms in total. The second-order valence-electron chi connectivity index (χ2n) is 4.08. The highest BCUT2D eigenvalue weighted by molar-refractivity contribution is 5.88. The Balaban J connectivity index is 2.20. The highest BCUT2D eigenvalue weighted by Crippen LogP contribution is 2.62. The summed E-state index contributed by atoms with van der Waals surface area (Å²) in [7, 11) is 0. The van der Waals surface area contributed by atoms with E-state index >= 15 is 0 Å². The van der Waals surface area contributed by atoms with Crippen molar-refractivity contribution in [2.24, 2.45) is 5.92 Å². The fourth-order valence-corrected chi connectivity index (χ4v) is 2.59. The van der Waals surface area contributed by atoms with Gasteiger partial charge >= 0.3 is 5.97 Å². The molecule has 2 aliphatic rings. The number of H-pyrrole nitrogens is 1. The first-order valence-electron chi connectivity index (χ1n) is 4.73. The summed E-state index contributed by atoms with van der Waals surface area (Å²) in [6.45, 7) is 0. The van der Waals surface area contributed by atoms with Crippen LogP contribution in [0.15, 0.2) is 0 Å². The van der Waals surface area contributed by atoms with Crippen LogP contribution in [-0.4, -0.2) is 21.3 Å². The van der Waals surface area contributed by atoms with Gasteiger partial charge in [0, 0.05) is 11.5 Å². The second-order valence-corrected chi connectivity index (χ2v) is 4.08. The predicted molar refractivity (Wildman–Crippen MR) is 44.9 cm³/mol. The lowest BCUT2D eigenvalue weighted by Gasteiger charge is -2.33. The molecule has 80 valence electrons. The van der Waals surface area contributed by atoms with Gasteiger partial charge in [-0.15, -0.1) is 0 Å². The number of carboxylic acid groups (broad SMARTS) is 1. The van der Waals surface area contributed by atoms with Gasteiger partial charge in [-0.2, -0.15) is 13.9 Å². The summed E-state index contributed by atoms with van der Waals surface area (Å²) in [5.74, 6) is -5.21. The number of aromatic nitrogens is 2. The van der Waals surface area contributed by atoms with Crippen LogP contribution in [0.3, 0.4) is 0 Å². The van der Waals surface area contributed by atoms with Crippen LogP contribution in [0, 0.1) is 5.92 Å². The van der Waals surface area contributed by atoms with Crippen molar-refractivity contribution in [3.8, 4) is 0 Å². The van der Waals surface area contributed by atoms with E-state index in [2.05, 4.69) is 10.2 Å². The largest absolute Gasteiger partial charge is 0.476 e. The maximum absolute atomic E-state index is 13.6. The Morgan fingerprint density at radius 2 is 2.27 bits per heavy atom. The molecular formula is C9H8F2N2O2. The molecule has 1 aromatic heterocycles. The first kappa shape index (κ1) is 8.82. The number of carbonyl (C=O) groups is 1. The average molecular weight is 214 g/mol. The van der Waals surface area contributed by atoms with Crippen LogP contribution in [0.4, 0.5) is 8.78 Å². The molecule has 0 aromatic carbocycles. The molecule has 0 aliphatic heterocycles. The molecule has 0 saturated heterocycles. The lowest BCUT2D eigenvalue weighted by Crippen LogP contribution is -2.31. The zero-order valence-electron chi connectivity index (χ0n) is 7.63. The number of aromatic amines is 1. The maximum atomic E-state index is 13.6. The topological polar surface area (TPSA) is 66.0 Å².